The number of hydrogen-bond acceptors (Lipinski definition) is 4. The van der Waals surface area contributed by atoms with Crippen LogP contribution in [-0.4, -0.2) is 62.5 Å². The van der Waals surface area contributed by atoms with Crippen LogP contribution in [-0.2, 0) is 9.47 Å². The molecule has 20 heavy (non-hydrogen) atoms. The van der Waals surface area contributed by atoms with E-state index in [1.807, 2.05) is 0 Å². The molecule has 0 bridgehead atoms. The third-order valence-electron chi connectivity index (χ3n) is 4.43. The molecule has 2 rings (SSSR count). The van der Waals surface area contributed by atoms with Gasteiger partial charge in [-0.15, -0.1) is 0 Å². The van der Waals surface area contributed by atoms with Gasteiger partial charge in [-0.1, -0.05) is 0 Å². The summed E-state index contributed by atoms with van der Waals surface area (Å²) in [5.41, 5.74) is 0.234. The van der Waals surface area contributed by atoms with Gasteiger partial charge >= 0.3 is 0 Å². The Morgan fingerprint density at radius 2 is 1.55 bits per heavy atom. The molecule has 0 aromatic rings. The summed E-state index contributed by atoms with van der Waals surface area (Å²) in [4.78, 5) is 2.60. The molecule has 118 valence electrons. The molecule has 0 radical (unpaired) electrons. The fourth-order valence-electron chi connectivity index (χ4n) is 4.10. The van der Waals surface area contributed by atoms with E-state index in [4.69, 9.17) is 9.47 Å². The van der Waals surface area contributed by atoms with Crippen molar-refractivity contribution in [3.05, 3.63) is 0 Å². The lowest BCUT2D eigenvalue weighted by Gasteiger charge is -2.50. The largest absolute Gasteiger partial charge is 0.381 e. The first-order chi connectivity index (χ1) is 9.26. The SMILES string of the molecule is CNCC1(CN2CC(C)(C)OC(C)(C)C2)CCOCC1. The maximum Gasteiger partial charge on any atom is 0.0760 e. The second kappa shape index (κ2) is 5.91. The van der Waals surface area contributed by atoms with Crippen molar-refractivity contribution in [1.29, 1.82) is 0 Å². The van der Waals surface area contributed by atoms with E-state index in [0.717, 1.165) is 52.2 Å². The molecule has 2 aliphatic rings. The average Bonchev–Trinajstić information content (AvgIpc) is 2.25. The summed E-state index contributed by atoms with van der Waals surface area (Å²) in [5, 5.41) is 3.40. The standard InChI is InChI=1S/C16H32N2O2/c1-14(2)11-18(12-15(3,4)20-14)13-16(10-17-5)6-8-19-9-7-16/h17H,6-13H2,1-5H3. The van der Waals surface area contributed by atoms with E-state index in [-0.39, 0.29) is 11.2 Å². The van der Waals surface area contributed by atoms with Crippen molar-refractivity contribution in [3.63, 3.8) is 0 Å². The third-order valence-corrected chi connectivity index (χ3v) is 4.43. The molecule has 2 fully saturated rings. The van der Waals surface area contributed by atoms with Crippen molar-refractivity contribution in [2.24, 2.45) is 5.41 Å². The van der Waals surface area contributed by atoms with Gasteiger partial charge in [-0.25, -0.2) is 0 Å². The summed E-state index contributed by atoms with van der Waals surface area (Å²) < 4.78 is 11.8. The van der Waals surface area contributed by atoms with Gasteiger partial charge in [0.05, 0.1) is 11.2 Å². The van der Waals surface area contributed by atoms with Gasteiger partial charge in [0.2, 0.25) is 0 Å². The van der Waals surface area contributed by atoms with Gasteiger partial charge in [-0.2, -0.15) is 0 Å². The van der Waals surface area contributed by atoms with Crippen LogP contribution in [0, 0.1) is 5.41 Å². The quantitative estimate of drug-likeness (QED) is 0.855. The molecule has 2 aliphatic heterocycles. The minimum Gasteiger partial charge on any atom is -0.381 e. The smallest absolute Gasteiger partial charge is 0.0760 e. The summed E-state index contributed by atoms with van der Waals surface area (Å²) in [6.45, 7) is 14.9. The summed E-state index contributed by atoms with van der Waals surface area (Å²) in [5.74, 6) is 0. The molecule has 0 aromatic carbocycles. The first kappa shape index (κ1) is 16.2. The third kappa shape index (κ3) is 4.17. The maximum atomic E-state index is 6.19. The summed E-state index contributed by atoms with van der Waals surface area (Å²) in [6, 6.07) is 0. The van der Waals surface area contributed by atoms with Crippen molar-refractivity contribution in [1.82, 2.24) is 10.2 Å². The van der Waals surface area contributed by atoms with Gasteiger partial charge in [0.15, 0.2) is 0 Å². The van der Waals surface area contributed by atoms with Crippen molar-refractivity contribution in [3.8, 4) is 0 Å². The molecule has 2 saturated heterocycles. The van der Waals surface area contributed by atoms with Crippen LogP contribution in [0.3, 0.4) is 0 Å². The van der Waals surface area contributed by atoms with Gasteiger partial charge in [0.1, 0.15) is 0 Å². The van der Waals surface area contributed by atoms with Crippen LogP contribution >= 0.6 is 0 Å². The van der Waals surface area contributed by atoms with Crippen LogP contribution in [0.25, 0.3) is 0 Å². The number of hydrogen-bond donors (Lipinski definition) is 1. The summed E-state index contributed by atoms with van der Waals surface area (Å²) in [7, 11) is 2.06. The zero-order chi connectivity index (χ0) is 14.9. The lowest BCUT2D eigenvalue weighted by molar-refractivity contribution is -0.186. The minimum atomic E-state index is -0.0618. The first-order valence-electron chi connectivity index (χ1n) is 7.91. The van der Waals surface area contributed by atoms with Gasteiger partial charge in [0, 0.05) is 39.4 Å². The number of nitrogens with zero attached hydrogens (tertiary/aromatic N) is 1. The Morgan fingerprint density at radius 1 is 1.00 bits per heavy atom. The lowest BCUT2D eigenvalue weighted by atomic mass is 9.79. The zero-order valence-electron chi connectivity index (χ0n) is 13.9. The molecule has 4 heteroatoms. The first-order valence-corrected chi connectivity index (χ1v) is 7.91. The van der Waals surface area contributed by atoms with Crippen molar-refractivity contribution in [2.45, 2.75) is 51.7 Å². The van der Waals surface area contributed by atoms with E-state index < -0.39 is 0 Å². The van der Waals surface area contributed by atoms with E-state index in [1.54, 1.807) is 0 Å². The molecule has 0 aromatic heterocycles. The topological polar surface area (TPSA) is 33.7 Å². The van der Waals surface area contributed by atoms with E-state index in [2.05, 4.69) is 45.0 Å². The van der Waals surface area contributed by atoms with Crippen LogP contribution in [0.1, 0.15) is 40.5 Å². The van der Waals surface area contributed by atoms with Gasteiger partial charge in [-0.3, -0.25) is 4.90 Å². The Hall–Kier alpha value is -0.160. The second-order valence-electron chi connectivity index (χ2n) is 7.91. The second-order valence-corrected chi connectivity index (χ2v) is 7.91. The van der Waals surface area contributed by atoms with Gasteiger partial charge in [0.25, 0.3) is 0 Å². The molecule has 1 N–H and O–H groups in total. The Bertz CT molecular complexity index is 301. The highest BCUT2D eigenvalue weighted by atomic mass is 16.5. The van der Waals surface area contributed by atoms with Crippen LogP contribution in [0.15, 0.2) is 0 Å². The van der Waals surface area contributed by atoms with Crippen molar-refractivity contribution >= 4 is 0 Å². The van der Waals surface area contributed by atoms with Gasteiger partial charge in [-0.05, 0) is 53.0 Å². The van der Waals surface area contributed by atoms with E-state index in [0.29, 0.717) is 5.41 Å². The van der Waals surface area contributed by atoms with Crippen molar-refractivity contribution < 1.29 is 9.47 Å². The number of ether oxygens (including phenoxy) is 2. The highest BCUT2D eigenvalue weighted by Crippen LogP contribution is 2.35. The highest BCUT2D eigenvalue weighted by molar-refractivity contribution is 4.94. The van der Waals surface area contributed by atoms with Crippen molar-refractivity contribution in [2.75, 3.05) is 46.4 Å². The normalized spacial score (nSPS) is 29.2. The number of nitrogens with one attached hydrogen (secondary N) is 1. The fraction of sp³-hybridized carbons (Fsp3) is 1.00. The Kier molecular flexibility index (Phi) is 4.80. The molecule has 0 aliphatic carbocycles. The summed E-state index contributed by atoms with van der Waals surface area (Å²) >= 11 is 0. The maximum absolute atomic E-state index is 6.19. The fourth-order valence-corrected chi connectivity index (χ4v) is 4.10. The number of morpholine rings is 1. The molecular formula is C16H32N2O2. The molecule has 0 unspecified atom stereocenters. The molecule has 0 amide bonds. The molecule has 0 atom stereocenters. The van der Waals surface area contributed by atoms with E-state index in [1.165, 1.54) is 0 Å². The monoisotopic (exact) mass is 284 g/mol. The van der Waals surface area contributed by atoms with Crippen LogP contribution in [0.5, 0.6) is 0 Å². The average molecular weight is 284 g/mol. The number of rotatable bonds is 4. The molecule has 2 heterocycles. The van der Waals surface area contributed by atoms with Crippen LogP contribution < -0.4 is 5.32 Å². The molecule has 4 nitrogen and oxygen atoms in total. The Balaban J connectivity index is 2.05. The molecule has 0 saturated carbocycles. The lowest BCUT2D eigenvalue weighted by Crippen LogP contribution is -2.60. The van der Waals surface area contributed by atoms with E-state index in [9.17, 15) is 0 Å². The zero-order valence-corrected chi connectivity index (χ0v) is 13.9. The predicted molar refractivity (Wildman–Crippen MR) is 82.1 cm³/mol. The van der Waals surface area contributed by atoms with Gasteiger partial charge < -0.3 is 14.8 Å². The van der Waals surface area contributed by atoms with E-state index >= 15 is 0 Å². The predicted octanol–water partition coefficient (Wildman–Crippen LogP) is 1.89. The van der Waals surface area contributed by atoms with Crippen LogP contribution in [0.4, 0.5) is 0 Å². The Morgan fingerprint density at radius 3 is 2.05 bits per heavy atom. The molecule has 0 spiro atoms. The summed E-state index contributed by atoms with van der Waals surface area (Å²) in [6.07, 6.45) is 2.32. The minimum absolute atomic E-state index is 0.0618. The highest BCUT2D eigenvalue weighted by Gasteiger charge is 2.42. The Labute approximate surface area is 124 Å². The van der Waals surface area contributed by atoms with Crippen LogP contribution in [0.2, 0.25) is 0 Å². The molecular weight excluding hydrogens is 252 g/mol.